The predicted molar refractivity (Wildman–Crippen MR) is 128 cm³/mol. The number of hydrogen-bond donors (Lipinski definition) is 2. The summed E-state index contributed by atoms with van der Waals surface area (Å²) in [5, 5.41) is 12.6. The third-order valence-corrected chi connectivity index (χ3v) is 5.63. The molecule has 0 bridgehead atoms. The van der Waals surface area contributed by atoms with Gasteiger partial charge in [-0.25, -0.2) is 0 Å². The third kappa shape index (κ3) is 3.28. The van der Waals surface area contributed by atoms with Gasteiger partial charge in [0.25, 0.3) is 5.56 Å². The molecule has 6 nitrogen and oxygen atoms in total. The van der Waals surface area contributed by atoms with E-state index in [4.69, 9.17) is 0 Å². The summed E-state index contributed by atoms with van der Waals surface area (Å²) in [5.74, 6) is -0.300. The number of H-pyrrole nitrogens is 1. The highest BCUT2D eigenvalue weighted by atomic mass is 16.1. The van der Waals surface area contributed by atoms with Gasteiger partial charge < -0.3 is 5.32 Å². The lowest BCUT2D eigenvalue weighted by molar-refractivity contribution is -0.111. The molecular weight excluding hydrogens is 400 g/mol. The zero-order chi connectivity index (χ0) is 22.2. The quantitative estimate of drug-likeness (QED) is 0.318. The number of hydrogen-bond acceptors (Lipinski definition) is 3. The summed E-state index contributed by atoms with van der Waals surface area (Å²) in [5.41, 5.74) is 4.84. The third-order valence-electron chi connectivity index (χ3n) is 5.63. The first-order valence-corrected chi connectivity index (χ1v) is 10.2. The number of benzene rings is 3. The van der Waals surface area contributed by atoms with Gasteiger partial charge >= 0.3 is 0 Å². The first-order valence-electron chi connectivity index (χ1n) is 10.2. The van der Waals surface area contributed by atoms with E-state index in [1.54, 1.807) is 16.8 Å². The fraction of sp³-hybridized carbons (Fsp3) is 0.0385. The smallest absolute Gasteiger partial charge is 0.255 e. The summed E-state index contributed by atoms with van der Waals surface area (Å²) in [7, 11) is 0. The molecule has 3 aromatic carbocycles. The van der Waals surface area contributed by atoms with Gasteiger partial charge in [-0.3, -0.25) is 19.3 Å². The number of pyridine rings is 1. The largest absolute Gasteiger partial charge is 0.322 e. The van der Waals surface area contributed by atoms with Crippen molar-refractivity contribution >= 4 is 33.3 Å². The lowest BCUT2D eigenvalue weighted by Gasteiger charge is -2.15. The Bertz CT molecular complexity index is 1560. The number of aromatic amines is 1. The van der Waals surface area contributed by atoms with Gasteiger partial charge in [0.05, 0.1) is 17.4 Å². The molecule has 0 atom stereocenters. The van der Waals surface area contributed by atoms with Crippen LogP contribution < -0.4 is 10.9 Å². The molecule has 32 heavy (non-hydrogen) atoms. The molecule has 0 saturated carbocycles. The summed E-state index contributed by atoms with van der Waals surface area (Å²) in [6.45, 7) is 5.42. The minimum absolute atomic E-state index is 0.149. The lowest BCUT2D eigenvalue weighted by Crippen LogP contribution is -2.18. The number of amides is 1. The molecule has 0 aliphatic carbocycles. The van der Waals surface area contributed by atoms with Gasteiger partial charge in [-0.05, 0) is 59.2 Å². The summed E-state index contributed by atoms with van der Waals surface area (Å²) >= 11 is 0. The van der Waals surface area contributed by atoms with Crippen LogP contribution in [0, 0.1) is 6.92 Å². The molecule has 0 radical (unpaired) electrons. The van der Waals surface area contributed by atoms with Crippen LogP contribution in [0.5, 0.6) is 0 Å². The highest BCUT2D eigenvalue weighted by Gasteiger charge is 2.12. The van der Waals surface area contributed by atoms with E-state index in [-0.39, 0.29) is 11.5 Å². The van der Waals surface area contributed by atoms with Crippen LogP contribution in [0.2, 0.25) is 0 Å². The standard InChI is InChI=1S/C26H20N4O2/c1-3-24(31)29-23-13-21(10-4-16(23)2)30-25(32)11-9-18-7-5-17-6-8-19(12-22(17)26(18)30)20-14-27-28-15-20/h3-15H,1H2,2H3,(H,27,28)(H,29,31). The molecule has 5 aromatic rings. The second-order valence-corrected chi connectivity index (χ2v) is 7.63. The van der Waals surface area contributed by atoms with E-state index in [0.29, 0.717) is 11.4 Å². The van der Waals surface area contributed by atoms with Gasteiger partial charge in [0, 0.05) is 28.9 Å². The molecule has 2 heterocycles. The van der Waals surface area contributed by atoms with Crippen molar-refractivity contribution in [2.24, 2.45) is 0 Å². The minimum Gasteiger partial charge on any atom is -0.322 e. The fourth-order valence-corrected chi connectivity index (χ4v) is 3.96. The summed E-state index contributed by atoms with van der Waals surface area (Å²) in [4.78, 5) is 25.0. The van der Waals surface area contributed by atoms with Gasteiger partial charge in [-0.2, -0.15) is 5.10 Å². The molecule has 2 N–H and O–H groups in total. The molecule has 6 heteroatoms. The van der Waals surface area contributed by atoms with Crippen LogP contribution in [0.1, 0.15) is 5.56 Å². The average molecular weight is 420 g/mol. The Morgan fingerprint density at radius 3 is 2.59 bits per heavy atom. The Hall–Kier alpha value is -4.45. The number of fused-ring (bicyclic) bond motifs is 3. The van der Waals surface area contributed by atoms with Crippen LogP contribution in [0.25, 0.3) is 38.5 Å². The number of rotatable bonds is 4. The highest BCUT2D eigenvalue weighted by molar-refractivity contribution is 6.07. The molecule has 0 spiro atoms. The number of aryl methyl sites for hydroxylation is 1. The first-order chi connectivity index (χ1) is 15.5. The highest BCUT2D eigenvalue weighted by Crippen LogP contribution is 2.31. The van der Waals surface area contributed by atoms with Crippen LogP contribution in [0.4, 0.5) is 5.69 Å². The predicted octanol–water partition coefficient (Wildman–Crippen LogP) is 4.97. The molecule has 0 saturated heterocycles. The van der Waals surface area contributed by atoms with Crippen molar-refractivity contribution in [3.63, 3.8) is 0 Å². The SMILES string of the molecule is C=CC(=O)Nc1cc(-n2c(=O)ccc3ccc4ccc(-c5cn[nH]c5)cc4c32)ccc1C. The van der Waals surface area contributed by atoms with Gasteiger partial charge in [-0.1, -0.05) is 36.9 Å². The van der Waals surface area contributed by atoms with Crippen molar-refractivity contribution in [1.82, 2.24) is 14.8 Å². The van der Waals surface area contributed by atoms with Crippen LogP contribution in [-0.4, -0.2) is 20.7 Å². The zero-order valence-electron chi connectivity index (χ0n) is 17.4. The monoisotopic (exact) mass is 420 g/mol. The van der Waals surface area contributed by atoms with Crippen molar-refractivity contribution in [3.05, 3.63) is 102 Å². The van der Waals surface area contributed by atoms with Crippen LogP contribution in [-0.2, 0) is 4.79 Å². The number of nitrogens with zero attached hydrogens (tertiary/aromatic N) is 2. The molecule has 2 aromatic heterocycles. The van der Waals surface area contributed by atoms with Gasteiger partial charge in [0.15, 0.2) is 0 Å². The summed E-state index contributed by atoms with van der Waals surface area (Å²) in [6.07, 6.45) is 4.84. The zero-order valence-corrected chi connectivity index (χ0v) is 17.4. The summed E-state index contributed by atoms with van der Waals surface area (Å²) < 4.78 is 1.69. The van der Waals surface area contributed by atoms with Crippen molar-refractivity contribution in [2.75, 3.05) is 5.32 Å². The molecule has 5 rings (SSSR count). The van der Waals surface area contributed by atoms with E-state index >= 15 is 0 Å². The lowest BCUT2D eigenvalue weighted by atomic mass is 10.0. The maximum Gasteiger partial charge on any atom is 0.255 e. The molecule has 0 aliphatic heterocycles. The van der Waals surface area contributed by atoms with Crippen LogP contribution >= 0.6 is 0 Å². The van der Waals surface area contributed by atoms with Crippen LogP contribution in [0.3, 0.4) is 0 Å². The Balaban J connectivity index is 1.81. The van der Waals surface area contributed by atoms with Gasteiger partial charge in [-0.15, -0.1) is 0 Å². The molecule has 0 fully saturated rings. The number of carbonyl (C=O) groups excluding carboxylic acids is 1. The van der Waals surface area contributed by atoms with Crippen LogP contribution in [0.15, 0.2) is 90.5 Å². The molecule has 1 amide bonds. The normalized spacial score (nSPS) is 11.0. The van der Waals surface area contributed by atoms with Gasteiger partial charge in [0.1, 0.15) is 0 Å². The molecule has 0 unspecified atom stereocenters. The minimum atomic E-state index is -0.300. The van der Waals surface area contributed by atoms with E-state index < -0.39 is 0 Å². The number of carbonyl (C=O) groups is 1. The maximum absolute atomic E-state index is 13.1. The van der Waals surface area contributed by atoms with E-state index in [1.165, 1.54) is 6.08 Å². The summed E-state index contributed by atoms with van der Waals surface area (Å²) in [6, 6.07) is 19.2. The van der Waals surface area contributed by atoms with E-state index in [1.807, 2.05) is 55.6 Å². The van der Waals surface area contributed by atoms with Crippen molar-refractivity contribution in [2.45, 2.75) is 6.92 Å². The van der Waals surface area contributed by atoms with Gasteiger partial charge in [0.2, 0.25) is 5.91 Å². The maximum atomic E-state index is 13.1. The first kappa shape index (κ1) is 19.5. The van der Waals surface area contributed by atoms with Crippen molar-refractivity contribution in [3.8, 4) is 16.8 Å². The fourth-order valence-electron chi connectivity index (χ4n) is 3.96. The Kier molecular flexibility index (Phi) is 4.67. The van der Waals surface area contributed by atoms with E-state index in [2.05, 4.69) is 34.2 Å². The molecule has 156 valence electrons. The molecule has 0 aliphatic rings. The van der Waals surface area contributed by atoms with E-state index in [9.17, 15) is 9.59 Å². The van der Waals surface area contributed by atoms with E-state index in [0.717, 1.165) is 38.4 Å². The Labute approximate surface area is 183 Å². The van der Waals surface area contributed by atoms with Crippen molar-refractivity contribution in [1.29, 1.82) is 0 Å². The average Bonchev–Trinajstić information content (AvgIpc) is 3.35. The Morgan fingerprint density at radius 2 is 1.81 bits per heavy atom. The number of anilines is 1. The Morgan fingerprint density at radius 1 is 1.03 bits per heavy atom. The number of aromatic nitrogens is 3. The second-order valence-electron chi connectivity index (χ2n) is 7.63. The second kappa shape index (κ2) is 7.67. The molecular formula is C26H20N4O2. The number of nitrogens with one attached hydrogen (secondary N) is 2. The van der Waals surface area contributed by atoms with Crippen molar-refractivity contribution < 1.29 is 4.79 Å². The topological polar surface area (TPSA) is 79.8 Å².